The Labute approximate surface area is 164 Å². The van der Waals surface area contributed by atoms with Gasteiger partial charge in [-0.05, 0) is 38.3 Å². The third-order valence-corrected chi connectivity index (χ3v) is 5.25. The fourth-order valence-corrected chi connectivity index (χ4v) is 3.75. The molecule has 0 unspecified atom stereocenters. The largest absolute Gasteiger partial charge is 0.492 e. The summed E-state index contributed by atoms with van der Waals surface area (Å²) in [6.07, 6.45) is 4.63. The predicted octanol–water partition coefficient (Wildman–Crippen LogP) is 3.80. The van der Waals surface area contributed by atoms with Crippen LogP contribution >= 0.6 is 0 Å². The molecule has 3 heterocycles. The Morgan fingerprint density at radius 1 is 1.25 bits per heavy atom. The van der Waals surface area contributed by atoms with Crippen molar-refractivity contribution in [3.05, 3.63) is 40.8 Å². The average molecular weight is 383 g/mol. The van der Waals surface area contributed by atoms with Crippen molar-refractivity contribution in [1.82, 2.24) is 15.3 Å². The molecule has 0 saturated heterocycles. The molecule has 2 aliphatic rings. The molecule has 0 radical (unpaired) electrons. The first-order valence-corrected chi connectivity index (χ1v) is 9.76. The summed E-state index contributed by atoms with van der Waals surface area (Å²) in [7, 11) is 1.80. The van der Waals surface area contributed by atoms with E-state index in [9.17, 15) is 0 Å². The van der Waals surface area contributed by atoms with Crippen LogP contribution in [-0.4, -0.2) is 36.2 Å². The normalized spacial score (nSPS) is 18.7. The van der Waals surface area contributed by atoms with Gasteiger partial charge in [0.25, 0.3) is 0 Å². The van der Waals surface area contributed by atoms with Crippen molar-refractivity contribution in [3.63, 3.8) is 0 Å². The molecule has 0 saturated carbocycles. The van der Waals surface area contributed by atoms with E-state index in [1.165, 1.54) is 0 Å². The van der Waals surface area contributed by atoms with E-state index in [-0.39, 0.29) is 5.82 Å². The minimum absolute atomic E-state index is 0.308. The highest BCUT2D eigenvalue weighted by Crippen LogP contribution is 2.42. The third-order valence-electron chi connectivity index (χ3n) is 5.25. The molecule has 4 rings (SSSR count). The Bertz CT molecular complexity index is 927. The van der Waals surface area contributed by atoms with E-state index in [2.05, 4.69) is 38.9 Å². The highest BCUT2D eigenvalue weighted by Gasteiger charge is 2.26. The number of allylic oxidation sites excluding steroid dienone is 1. The van der Waals surface area contributed by atoms with Crippen LogP contribution in [0.5, 0.6) is 5.75 Å². The Morgan fingerprint density at radius 3 is 2.93 bits per heavy atom. The first-order valence-electron chi connectivity index (χ1n) is 9.76. The molecule has 6 nitrogen and oxygen atoms in total. The van der Waals surface area contributed by atoms with Crippen molar-refractivity contribution in [3.8, 4) is 5.75 Å². The van der Waals surface area contributed by atoms with Crippen molar-refractivity contribution >= 4 is 23.0 Å². The molecule has 28 heavy (non-hydrogen) atoms. The minimum atomic E-state index is -0.308. The molecule has 0 bridgehead atoms. The molecule has 0 aliphatic carbocycles. The third kappa shape index (κ3) is 3.67. The highest BCUT2D eigenvalue weighted by molar-refractivity contribution is 5.78. The van der Waals surface area contributed by atoms with Crippen molar-refractivity contribution in [2.75, 3.05) is 30.8 Å². The molecular weight excluding hydrogens is 357 g/mol. The van der Waals surface area contributed by atoms with Gasteiger partial charge in [0, 0.05) is 43.4 Å². The lowest BCUT2D eigenvalue weighted by Gasteiger charge is -2.17. The molecule has 0 amide bonds. The van der Waals surface area contributed by atoms with Gasteiger partial charge in [-0.1, -0.05) is 6.08 Å². The Hall–Kier alpha value is -2.67. The number of aromatic nitrogens is 2. The van der Waals surface area contributed by atoms with Crippen LogP contribution in [0.2, 0.25) is 0 Å². The van der Waals surface area contributed by atoms with Crippen LogP contribution in [0.4, 0.5) is 21.8 Å². The molecule has 1 aromatic carbocycles. The topological polar surface area (TPSA) is 71.1 Å². The van der Waals surface area contributed by atoms with Gasteiger partial charge in [-0.15, -0.1) is 0 Å². The molecule has 0 spiro atoms. The van der Waals surface area contributed by atoms with Gasteiger partial charge in [-0.25, -0.2) is 9.37 Å². The monoisotopic (exact) mass is 383 g/mol. The van der Waals surface area contributed by atoms with Crippen LogP contribution in [-0.2, 0) is 6.42 Å². The van der Waals surface area contributed by atoms with Gasteiger partial charge in [0.2, 0.25) is 5.95 Å². The summed E-state index contributed by atoms with van der Waals surface area (Å²) in [6, 6.07) is 4.07. The summed E-state index contributed by atoms with van der Waals surface area (Å²) in [6.45, 7) is 5.35. The van der Waals surface area contributed by atoms with Crippen LogP contribution in [0.3, 0.4) is 0 Å². The number of hydrogen-bond acceptors (Lipinski definition) is 6. The first-order chi connectivity index (χ1) is 13.5. The summed E-state index contributed by atoms with van der Waals surface area (Å²) >= 11 is 0. The van der Waals surface area contributed by atoms with Gasteiger partial charge in [0.1, 0.15) is 11.6 Å². The number of halogens is 1. The number of nitrogens with zero attached hydrogens (tertiary/aromatic N) is 2. The van der Waals surface area contributed by atoms with E-state index in [1.807, 2.05) is 19.1 Å². The summed E-state index contributed by atoms with van der Waals surface area (Å²) in [5.74, 6) is 1.44. The zero-order chi connectivity index (χ0) is 19.7. The van der Waals surface area contributed by atoms with Crippen LogP contribution in [0.25, 0.3) is 5.57 Å². The zero-order valence-corrected chi connectivity index (χ0v) is 16.5. The maximum atomic E-state index is 15.6. The molecule has 1 aromatic heterocycles. The predicted molar refractivity (Wildman–Crippen MR) is 110 cm³/mol. The number of benzene rings is 1. The lowest BCUT2D eigenvalue weighted by molar-refractivity contribution is 0.354. The van der Waals surface area contributed by atoms with Crippen molar-refractivity contribution in [2.45, 2.75) is 39.2 Å². The second-order valence-electron chi connectivity index (χ2n) is 7.37. The highest BCUT2D eigenvalue weighted by atomic mass is 19.1. The number of anilines is 3. The quantitative estimate of drug-likeness (QED) is 0.746. The van der Waals surface area contributed by atoms with Gasteiger partial charge in [-0.3, -0.25) is 0 Å². The Morgan fingerprint density at radius 2 is 2.11 bits per heavy atom. The SMILES string of the molecule is CNc1cc(C)nc(Nc2cc3c(c(C4=CCN[C@H](C)CC4)c2F)OCC3)n1. The van der Waals surface area contributed by atoms with Gasteiger partial charge in [0.05, 0.1) is 17.9 Å². The summed E-state index contributed by atoms with van der Waals surface area (Å²) in [5.41, 5.74) is 3.79. The first kappa shape index (κ1) is 18.7. The van der Waals surface area contributed by atoms with Gasteiger partial charge in [0.15, 0.2) is 5.82 Å². The number of hydrogen-bond donors (Lipinski definition) is 3. The number of ether oxygens (including phenoxy) is 1. The zero-order valence-electron chi connectivity index (χ0n) is 16.5. The molecule has 1 atom stereocenters. The molecule has 148 valence electrons. The molecule has 2 aliphatic heterocycles. The van der Waals surface area contributed by atoms with Crippen LogP contribution in [0.15, 0.2) is 18.2 Å². The van der Waals surface area contributed by atoms with Crippen LogP contribution in [0.1, 0.15) is 36.6 Å². The Balaban J connectivity index is 1.75. The summed E-state index contributed by atoms with van der Waals surface area (Å²) < 4.78 is 21.5. The maximum Gasteiger partial charge on any atom is 0.229 e. The van der Waals surface area contributed by atoms with E-state index in [0.717, 1.165) is 42.6 Å². The van der Waals surface area contributed by atoms with Crippen molar-refractivity contribution in [1.29, 1.82) is 0 Å². The standard InChI is InChI=1S/C21H26FN5O/c1-12-4-5-14(6-8-24-12)18-19(22)16(11-15-7-9-28-20(15)18)26-21-25-13(2)10-17(23-3)27-21/h6,10-12,24H,4-5,7-9H2,1-3H3,(H2,23,25,26,27)/t12-/m1/s1. The number of nitrogens with one attached hydrogen (secondary N) is 3. The molecule has 3 N–H and O–H groups in total. The number of aryl methyl sites for hydroxylation is 1. The van der Waals surface area contributed by atoms with Crippen LogP contribution < -0.4 is 20.7 Å². The fraction of sp³-hybridized carbons (Fsp3) is 0.429. The van der Waals surface area contributed by atoms with Gasteiger partial charge < -0.3 is 20.7 Å². The van der Waals surface area contributed by atoms with Gasteiger partial charge in [-0.2, -0.15) is 4.98 Å². The van der Waals surface area contributed by atoms with Crippen molar-refractivity contribution in [2.24, 2.45) is 0 Å². The molecule has 7 heteroatoms. The van der Waals surface area contributed by atoms with E-state index in [1.54, 1.807) is 7.05 Å². The molecule has 0 fully saturated rings. The molecule has 2 aromatic rings. The van der Waals surface area contributed by atoms with Gasteiger partial charge >= 0.3 is 0 Å². The fourth-order valence-electron chi connectivity index (χ4n) is 3.75. The lowest BCUT2D eigenvalue weighted by Crippen LogP contribution is -2.24. The van der Waals surface area contributed by atoms with Crippen LogP contribution in [0, 0.1) is 12.7 Å². The number of rotatable bonds is 4. The second kappa shape index (κ2) is 7.75. The maximum absolute atomic E-state index is 15.6. The lowest BCUT2D eigenvalue weighted by atomic mass is 9.95. The molecular formula is C21H26FN5O. The van der Waals surface area contributed by atoms with E-state index in [0.29, 0.717) is 41.4 Å². The summed E-state index contributed by atoms with van der Waals surface area (Å²) in [4.78, 5) is 8.79. The Kier molecular flexibility index (Phi) is 5.17. The average Bonchev–Trinajstić information content (AvgIpc) is 3.02. The van der Waals surface area contributed by atoms with E-state index in [4.69, 9.17) is 4.74 Å². The number of fused-ring (bicyclic) bond motifs is 1. The smallest absolute Gasteiger partial charge is 0.229 e. The van der Waals surface area contributed by atoms with E-state index < -0.39 is 0 Å². The van der Waals surface area contributed by atoms with Crippen molar-refractivity contribution < 1.29 is 9.13 Å². The minimum Gasteiger partial charge on any atom is -0.492 e. The summed E-state index contributed by atoms with van der Waals surface area (Å²) in [5, 5.41) is 9.51. The second-order valence-corrected chi connectivity index (χ2v) is 7.37. The van der Waals surface area contributed by atoms with E-state index >= 15 is 4.39 Å².